The molecule has 1 saturated heterocycles. The molecule has 1 aliphatic heterocycles. The van der Waals surface area contributed by atoms with Crippen molar-refractivity contribution in [1.29, 1.82) is 0 Å². The summed E-state index contributed by atoms with van der Waals surface area (Å²) in [6.45, 7) is 4.93. The largest absolute Gasteiger partial charge is 0.366 e. The minimum atomic E-state index is -0.268. The van der Waals surface area contributed by atoms with E-state index in [-0.39, 0.29) is 5.82 Å². The molecule has 1 aromatic rings. The lowest BCUT2D eigenvalue weighted by molar-refractivity contribution is 0.465. The Kier molecular flexibility index (Phi) is 3.66. The van der Waals surface area contributed by atoms with Crippen molar-refractivity contribution in [2.75, 3.05) is 24.5 Å². The minimum absolute atomic E-state index is 0.268. The Bertz CT molecular complexity index is 350. The molecule has 0 radical (unpaired) electrons. The van der Waals surface area contributed by atoms with E-state index in [1.54, 1.807) is 6.07 Å². The summed E-state index contributed by atoms with van der Waals surface area (Å²) in [6.07, 6.45) is 1.04. The van der Waals surface area contributed by atoms with E-state index in [0.717, 1.165) is 31.7 Å². The van der Waals surface area contributed by atoms with E-state index in [2.05, 4.69) is 17.1 Å². The number of anilines is 1. The van der Waals surface area contributed by atoms with Gasteiger partial charge in [0.05, 0.1) is 0 Å². The summed E-state index contributed by atoms with van der Waals surface area (Å²) in [5.74, 6) is -0.268. The molecule has 1 N–H and O–H groups in total. The molecule has 1 aliphatic rings. The van der Waals surface area contributed by atoms with Gasteiger partial charge in [0.2, 0.25) is 0 Å². The van der Waals surface area contributed by atoms with Crippen molar-refractivity contribution in [2.45, 2.75) is 19.4 Å². The number of hydrogen-bond donors (Lipinski definition) is 1. The standard InChI is InChI=1S/C12H16ClFN2/c1-2-11-8-15-3-4-16(11)12-6-9(13)5-10(14)7-12/h5-7,11,15H,2-4,8H2,1H3. The van der Waals surface area contributed by atoms with Crippen LogP contribution in [0.15, 0.2) is 18.2 Å². The first-order chi connectivity index (χ1) is 7.70. The minimum Gasteiger partial charge on any atom is -0.366 e. The lowest BCUT2D eigenvalue weighted by Crippen LogP contribution is -2.51. The molecule has 0 bridgehead atoms. The zero-order chi connectivity index (χ0) is 11.5. The lowest BCUT2D eigenvalue weighted by Gasteiger charge is -2.37. The average molecular weight is 243 g/mol. The van der Waals surface area contributed by atoms with Crippen LogP contribution >= 0.6 is 11.6 Å². The van der Waals surface area contributed by atoms with Crippen molar-refractivity contribution < 1.29 is 4.39 Å². The third-order valence-corrected chi connectivity index (χ3v) is 3.22. The summed E-state index contributed by atoms with van der Waals surface area (Å²) in [5.41, 5.74) is 0.887. The maximum absolute atomic E-state index is 13.3. The third kappa shape index (κ3) is 2.47. The topological polar surface area (TPSA) is 15.3 Å². The van der Waals surface area contributed by atoms with Crippen LogP contribution in [0.3, 0.4) is 0 Å². The number of nitrogens with zero attached hydrogens (tertiary/aromatic N) is 1. The SMILES string of the molecule is CCC1CNCCN1c1cc(F)cc(Cl)c1. The van der Waals surface area contributed by atoms with Gasteiger partial charge in [0.1, 0.15) is 5.82 Å². The lowest BCUT2D eigenvalue weighted by atomic mass is 10.1. The van der Waals surface area contributed by atoms with E-state index in [9.17, 15) is 4.39 Å². The van der Waals surface area contributed by atoms with E-state index in [4.69, 9.17) is 11.6 Å². The van der Waals surface area contributed by atoms with Crippen LogP contribution in [0.2, 0.25) is 5.02 Å². The number of rotatable bonds is 2. The van der Waals surface area contributed by atoms with E-state index < -0.39 is 0 Å². The highest BCUT2D eigenvalue weighted by Gasteiger charge is 2.21. The van der Waals surface area contributed by atoms with E-state index >= 15 is 0 Å². The van der Waals surface area contributed by atoms with Crippen molar-refractivity contribution in [3.63, 3.8) is 0 Å². The molecule has 0 spiro atoms. The summed E-state index contributed by atoms with van der Waals surface area (Å²) in [4.78, 5) is 2.23. The monoisotopic (exact) mass is 242 g/mol. The summed E-state index contributed by atoms with van der Waals surface area (Å²) < 4.78 is 13.3. The Balaban J connectivity index is 2.26. The van der Waals surface area contributed by atoms with Crippen LogP contribution in [0, 0.1) is 5.82 Å². The first-order valence-corrected chi connectivity index (χ1v) is 6.02. The van der Waals surface area contributed by atoms with Crippen LogP contribution in [0.1, 0.15) is 13.3 Å². The maximum atomic E-state index is 13.3. The van der Waals surface area contributed by atoms with Gasteiger partial charge in [-0.15, -0.1) is 0 Å². The normalized spacial score (nSPS) is 21.2. The maximum Gasteiger partial charge on any atom is 0.126 e. The van der Waals surface area contributed by atoms with Crippen LogP contribution in [0.25, 0.3) is 0 Å². The second kappa shape index (κ2) is 5.02. The van der Waals surface area contributed by atoms with Crippen molar-refractivity contribution in [3.05, 3.63) is 29.0 Å². The highest BCUT2D eigenvalue weighted by atomic mass is 35.5. The van der Waals surface area contributed by atoms with Gasteiger partial charge in [-0.25, -0.2) is 4.39 Å². The van der Waals surface area contributed by atoms with Gasteiger partial charge in [0.25, 0.3) is 0 Å². The molecule has 0 amide bonds. The predicted octanol–water partition coefficient (Wildman–Crippen LogP) is 2.67. The molecular formula is C12H16ClFN2. The van der Waals surface area contributed by atoms with Crippen molar-refractivity contribution in [1.82, 2.24) is 5.32 Å². The number of hydrogen-bond acceptors (Lipinski definition) is 2. The van der Waals surface area contributed by atoms with Crippen LogP contribution in [-0.4, -0.2) is 25.7 Å². The number of benzene rings is 1. The molecule has 4 heteroatoms. The van der Waals surface area contributed by atoms with Crippen molar-refractivity contribution in [2.24, 2.45) is 0 Å². The number of halogens is 2. The van der Waals surface area contributed by atoms with Gasteiger partial charge in [-0.2, -0.15) is 0 Å². The van der Waals surface area contributed by atoms with Crippen LogP contribution < -0.4 is 10.2 Å². The Morgan fingerprint density at radius 2 is 2.31 bits per heavy atom. The molecule has 1 unspecified atom stereocenters. The summed E-state index contributed by atoms with van der Waals surface area (Å²) in [5, 5.41) is 3.81. The Labute approximate surface area is 100 Å². The van der Waals surface area contributed by atoms with Gasteiger partial charge in [0, 0.05) is 36.4 Å². The Morgan fingerprint density at radius 3 is 3.00 bits per heavy atom. The zero-order valence-corrected chi connectivity index (χ0v) is 10.1. The van der Waals surface area contributed by atoms with Crippen LogP contribution in [0.4, 0.5) is 10.1 Å². The second-order valence-electron chi connectivity index (χ2n) is 4.09. The summed E-state index contributed by atoms with van der Waals surface area (Å²) in [6, 6.07) is 5.15. The quantitative estimate of drug-likeness (QED) is 0.858. The zero-order valence-electron chi connectivity index (χ0n) is 9.34. The van der Waals surface area contributed by atoms with Gasteiger partial charge in [-0.1, -0.05) is 18.5 Å². The first-order valence-electron chi connectivity index (χ1n) is 5.64. The summed E-state index contributed by atoms with van der Waals surface area (Å²) in [7, 11) is 0. The molecule has 88 valence electrons. The van der Waals surface area contributed by atoms with E-state index in [0.29, 0.717) is 11.1 Å². The van der Waals surface area contributed by atoms with Crippen molar-refractivity contribution in [3.8, 4) is 0 Å². The van der Waals surface area contributed by atoms with E-state index in [1.807, 2.05) is 6.07 Å². The molecule has 0 aliphatic carbocycles. The molecule has 16 heavy (non-hydrogen) atoms. The molecule has 0 saturated carbocycles. The first kappa shape index (κ1) is 11.7. The Hall–Kier alpha value is -0.800. The van der Waals surface area contributed by atoms with E-state index in [1.165, 1.54) is 6.07 Å². The smallest absolute Gasteiger partial charge is 0.126 e. The van der Waals surface area contributed by atoms with Crippen LogP contribution in [-0.2, 0) is 0 Å². The number of nitrogens with one attached hydrogen (secondary N) is 1. The molecule has 1 fully saturated rings. The number of piperazine rings is 1. The average Bonchev–Trinajstić information content (AvgIpc) is 2.27. The van der Waals surface area contributed by atoms with Gasteiger partial charge in [-0.3, -0.25) is 0 Å². The summed E-state index contributed by atoms with van der Waals surface area (Å²) >= 11 is 5.88. The molecule has 1 heterocycles. The highest BCUT2D eigenvalue weighted by molar-refractivity contribution is 6.30. The molecule has 1 atom stereocenters. The molecule has 1 aromatic carbocycles. The fourth-order valence-corrected chi connectivity index (χ4v) is 2.39. The third-order valence-electron chi connectivity index (χ3n) is 3.00. The van der Waals surface area contributed by atoms with Gasteiger partial charge >= 0.3 is 0 Å². The van der Waals surface area contributed by atoms with Crippen LogP contribution in [0.5, 0.6) is 0 Å². The molecule has 2 nitrogen and oxygen atoms in total. The second-order valence-corrected chi connectivity index (χ2v) is 4.52. The molecular weight excluding hydrogens is 227 g/mol. The fourth-order valence-electron chi connectivity index (χ4n) is 2.17. The van der Waals surface area contributed by atoms with Gasteiger partial charge < -0.3 is 10.2 Å². The highest BCUT2D eigenvalue weighted by Crippen LogP contribution is 2.25. The van der Waals surface area contributed by atoms with Gasteiger partial charge in [0.15, 0.2) is 0 Å². The Morgan fingerprint density at radius 1 is 1.50 bits per heavy atom. The molecule has 2 rings (SSSR count). The van der Waals surface area contributed by atoms with Crippen molar-refractivity contribution >= 4 is 17.3 Å². The predicted molar refractivity (Wildman–Crippen MR) is 65.7 cm³/mol. The molecule has 0 aromatic heterocycles. The van der Waals surface area contributed by atoms with Gasteiger partial charge in [-0.05, 0) is 24.6 Å². The fraction of sp³-hybridized carbons (Fsp3) is 0.500.